The lowest BCUT2D eigenvalue weighted by Gasteiger charge is -2.06. The Morgan fingerprint density at radius 2 is 1.71 bits per heavy atom. The number of hydrogen-bond donors (Lipinski definition) is 0. The van der Waals surface area contributed by atoms with Crippen molar-refractivity contribution in [2.45, 2.75) is 27.3 Å². The molecule has 0 aliphatic carbocycles. The molecule has 0 atom stereocenters. The highest BCUT2D eigenvalue weighted by molar-refractivity contribution is 7.07. The van der Waals surface area contributed by atoms with Gasteiger partial charge in [-0.2, -0.15) is 0 Å². The Kier molecular flexibility index (Phi) is 5.16. The second kappa shape index (κ2) is 7.49. The number of aryl methyl sites for hydroxylation is 1. The summed E-state index contributed by atoms with van der Waals surface area (Å²) in [4.78, 5) is 5.81. The van der Waals surface area contributed by atoms with Crippen molar-refractivity contribution in [3.8, 4) is 17.0 Å². The molecule has 0 aliphatic heterocycles. The Morgan fingerprint density at radius 3 is 2.33 bits per heavy atom. The van der Waals surface area contributed by atoms with E-state index in [0.29, 0.717) is 6.61 Å². The molecule has 0 spiro atoms. The Bertz CT molecular complexity index is 858. The van der Waals surface area contributed by atoms with Crippen LogP contribution in [0.3, 0.4) is 0 Å². The van der Waals surface area contributed by atoms with Crippen LogP contribution >= 0.6 is 11.3 Å². The van der Waals surface area contributed by atoms with E-state index in [-0.39, 0.29) is 0 Å². The third-order valence-corrected chi connectivity index (χ3v) is 4.70. The van der Waals surface area contributed by atoms with Crippen LogP contribution in [0, 0.1) is 6.92 Å². The Morgan fingerprint density at radius 1 is 1.00 bits per heavy atom. The Balaban J connectivity index is 1.97. The second-order valence-corrected chi connectivity index (χ2v) is 6.39. The van der Waals surface area contributed by atoms with Crippen molar-refractivity contribution in [3.05, 3.63) is 64.3 Å². The number of hydrogen-bond acceptors (Lipinski definition) is 3. The van der Waals surface area contributed by atoms with Gasteiger partial charge >= 0.3 is 0 Å². The molecule has 0 radical (unpaired) electrons. The maximum absolute atomic E-state index is 5.48. The van der Waals surface area contributed by atoms with Crippen molar-refractivity contribution in [1.29, 1.82) is 0 Å². The lowest BCUT2D eigenvalue weighted by atomic mass is 10.1. The molecular formula is C20H22N2OS. The fourth-order valence-electron chi connectivity index (χ4n) is 2.57. The number of ether oxygens (including phenoxy) is 1. The van der Waals surface area contributed by atoms with E-state index in [0.717, 1.165) is 22.8 Å². The van der Waals surface area contributed by atoms with Crippen molar-refractivity contribution >= 4 is 17.0 Å². The van der Waals surface area contributed by atoms with E-state index >= 15 is 0 Å². The summed E-state index contributed by atoms with van der Waals surface area (Å²) in [5, 5.41) is 2.18. The first-order chi connectivity index (χ1) is 11.7. The summed E-state index contributed by atoms with van der Waals surface area (Å²) in [5.41, 5.74) is 4.66. The summed E-state index contributed by atoms with van der Waals surface area (Å²) < 4.78 is 7.74. The highest BCUT2D eigenvalue weighted by Gasteiger charge is 2.06. The van der Waals surface area contributed by atoms with Gasteiger partial charge in [-0.25, -0.2) is 4.99 Å². The Labute approximate surface area is 146 Å². The molecule has 3 rings (SSSR count). The van der Waals surface area contributed by atoms with Gasteiger partial charge in [0.25, 0.3) is 0 Å². The summed E-state index contributed by atoms with van der Waals surface area (Å²) in [5.74, 6) is 0.881. The summed E-state index contributed by atoms with van der Waals surface area (Å²) in [6.45, 7) is 7.82. The van der Waals surface area contributed by atoms with Crippen LogP contribution in [0.15, 0.2) is 58.9 Å². The van der Waals surface area contributed by atoms with Crippen LogP contribution in [-0.4, -0.2) is 11.2 Å². The highest BCUT2D eigenvalue weighted by Crippen LogP contribution is 2.22. The van der Waals surface area contributed by atoms with Gasteiger partial charge in [-0.1, -0.05) is 29.8 Å². The summed E-state index contributed by atoms with van der Waals surface area (Å²) in [7, 11) is 0. The zero-order chi connectivity index (χ0) is 16.9. The second-order valence-electron chi connectivity index (χ2n) is 5.55. The van der Waals surface area contributed by atoms with E-state index in [4.69, 9.17) is 9.73 Å². The topological polar surface area (TPSA) is 26.5 Å². The summed E-state index contributed by atoms with van der Waals surface area (Å²) >= 11 is 1.67. The van der Waals surface area contributed by atoms with Gasteiger partial charge in [0.05, 0.1) is 18.0 Å². The lowest BCUT2D eigenvalue weighted by molar-refractivity contribution is 0.340. The molecular weight excluding hydrogens is 316 g/mol. The molecule has 1 heterocycles. The number of thiazole rings is 1. The van der Waals surface area contributed by atoms with Crippen molar-refractivity contribution in [2.75, 3.05) is 6.61 Å². The van der Waals surface area contributed by atoms with E-state index in [1.54, 1.807) is 11.3 Å². The predicted molar refractivity (Wildman–Crippen MR) is 101 cm³/mol. The van der Waals surface area contributed by atoms with Gasteiger partial charge in [-0.3, -0.25) is 0 Å². The lowest BCUT2D eigenvalue weighted by Crippen LogP contribution is -2.14. The minimum atomic E-state index is 0.678. The first-order valence-electron chi connectivity index (χ1n) is 8.24. The quantitative estimate of drug-likeness (QED) is 0.630. The Hall–Kier alpha value is -2.33. The van der Waals surface area contributed by atoms with Gasteiger partial charge < -0.3 is 9.30 Å². The van der Waals surface area contributed by atoms with Gasteiger partial charge in [-0.15, -0.1) is 11.3 Å². The molecule has 0 unspecified atom stereocenters. The summed E-state index contributed by atoms with van der Waals surface area (Å²) in [6, 6.07) is 16.6. The minimum Gasteiger partial charge on any atom is -0.494 e. The van der Waals surface area contributed by atoms with Gasteiger partial charge in [0.15, 0.2) is 4.80 Å². The normalized spacial score (nSPS) is 11.7. The zero-order valence-corrected chi connectivity index (χ0v) is 15.1. The van der Waals surface area contributed by atoms with Crippen LogP contribution in [0.1, 0.15) is 19.4 Å². The zero-order valence-electron chi connectivity index (χ0n) is 14.3. The van der Waals surface area contributed by atoms with E-state index in [9.17, 15) is 0 Å². The number of benzene rings is 2. The predicted octanol–water partition coefficient (Wildman–Crippen LogP) is 5.18. The van der Waals surface area contributed by atoms with E-state index in [2.05, 4.69) is 48.1 Å². The molecule has 0 aliphatic rings. The van der Waals surface area contributed by atoms with E-state index < -0.39 is 0 Å². The molecule has 124 valence electrons. The largest absolute Gasteiger partial charge is 0.494 e. The van der Waals surface area contributed by atoms with Gasteiger partial charge in [0.1, 0.15) is 5.75 Å². The molecule has 0 amide bonds. The average molecular weight is 338 g/mol. The van der Waals surface area contributed by atoms with E-state index in [1.165, 1.54) is 16.8 Å². The smallest absolute Gasteiger partial charge is 0.190 e. The van der Waals surface area contributed by atoms with Crippen molar-refractivity contribution < 1.29 is 4.74 Å². The van der Waals surface area contributed by atoms with Crippen LogP contribution in [0.5, 0.6) is 5.75 Å². The number of rotatable bonds is 5. The third-order valence-electron chi connectivity index (χ3n) is 3.83. The van der Waals surface area contributed by atoms with Crippen molar-refractivity contribution in [1.82, 2.24) is 4.57 Å². The minimum absolute atomic E-state index is 0.678. The van der Waals surface area contributed by atoms with Crippen LogP contribution in [-0.2, 0) is 6.54 Å². The molecule has 3 nitrogen and oxygen atoms in total. The van der Waals surface area contributed by atoms with Gasteiger partial charge in [0.2, 0.25) is 0 Å². The molecule has 0 saturated heterocycles. The van der Waals surface area contributed by atoms with Gasteiger partial charge in [0, 0.05) is 11.9 Å². The van der Waals surface area contributed by atoms with Crippen LogP contribution in [0.2, 0.25) is 0 Å². The summed E-state index contributed by atoms with van der Waals surface area (Å²) in [6.07, 6.45) is 0. The van der Waals surface area contributed by atoms with Crippen LogP contribution < -0.4 is 9.54 Å². The fourth-order valence-corrected chi connectivity index (χ4v) is 3.57. The van der Waals surface area contributed by atoms with Crippen molar-refractivity contribution in [3.63, 3.8) is 0 Å². The molecule has 0 saturated carbocycles. The standard InChI is InChI=1S/C20H22N2OS/c1-4-22-19(16-8-6-15(3)7-9-16)14-24-20(22)21-17-10-12-18(13-11-17)23-5-2/h6-14H,4-5H2,1-3H3. The molecule has 0 fully saturated rings. The molecule has 2 aromatic carbocycles. The maximum atomic E-state index is 5.48. The number of aromatic nitrogens is 1. The fraction of sp³-hybridized carbons (Fsp3) is 0.250. The average Bonchev–Trinajstić information content (AvgIpc) is 3.00. The highest BCUT2D eigenvalue weighted by atomic mass is 32.1. The molecule has 0 N–H and O–H groups in total. The molecule has 4 heteroatoms. The third kappa shape index (κ3) is 3.60. The first-order valence-corrected chi connectivity index (χ1v) is 9.12. The van der Waals surface area contributed by atoms with Crippen LogP contribution in [0.25, 0.3) is 11.3 Å². The molecule has 0 bridgehead atoms. The SMILES string of the molecule is CCOc1ccc(N=c2scc(-c3ccc(C)cc3)n2CC)cc1. The monoisotopic (exact) mass is 338 g/mol. The van der Waals surface area contributed by atoms with E-state index in [1.807, 2.05) is 31.2 Å². The van der Waals surface area contributed by atoms with Gasteiger partial charge in [-0.05, 0) is 50.6 Å². The maximum Gasteiger partial charge on any atom is 0.190 e. The van der Waals surface area contributed by atoms with Crippen molar-refractivity contribution in [2.24, 2.45) is 4.99 Å². The molecule has 3 aromatic rings. The first kappa shape index (κ1) is 16.5. The molecule has 24 heavy (non-hydrogen) atoms. The number of nitrogens with zero attached hydrogens (tertiary/aromatic N) is 2. The molecule has 1 aromatic heterocycles. The van der Waals surface area contributed by atoms with Crippen LogP contribution in [0.4, 0.5) is 5.69 Å².